The smallest absolute Gasteiger partial charge is 0.338 e. The van der Waals surface area contributed by atoms with Gasteiger partial charge in [0.25, 0.3) is 10.1 Å². The summed E-state index contributed by atoms with van der Waals surface area (Å²) >= 11 is 0. The van der Waals surface area contributed by atoms with Crippen LogP contribution in [-0.2, 0) is 23.8 Å². The third-order valence-electron chi connectivity index (χ3n) is 4.28. The van der Waals surface area contributed by atoms with Crippen molar-refractivity contribution >= 4 is 23.9 Å². The lowest BCUT2D eigenvalue weighted by molar-refractivity contribution is -0.0222. The molecule has 0 bridgehead atoms. The first-order valence-corrected chi connectivity index (χ1v) is 9.96. The van der Waals surface area contributed by atoms with Gasteiger partial charge in [-0.25, -0.2) is 9.18 Å². The number of esters is 1. The Morgan fingerprint density at radius 2 is 1.79 bits per heavy atom. The molecule has 4 unspecified atom stereocenters. The van der Waals surface area contributed by atoms with Gasteiger partial charge >= 0.3 is 5.97 Å². The number of ether oxygens (including phenoxy) is 2. The van der Waals surface area contributed by atoms with E-state index in [0.717, 1.165) is 5.56 Å². The fourth-order valence-corrected chi connectivity index (χ4v) is 3.64. The van der Waals surface area contributed by atoms with Crippen molar-refractivity contribution in [2.45, 2.75) is 36.2 Å². The van der Waals surface area contributed by atoms with Crippen molar-refractivity contribution < 1.29 is 31.3 Å². The van der Waals surface area contributed by atoms with Crippen molar-refractivity contribution in [3.05, 3.63) is 65.7 Å². The van der Waals surface area contributed by atoms with E-state index < -0.39 is 47.1 Å². The molecule has 146 valence electrons. The molecular formula is C19H18BFO6S. The third kappa shape index (κ3) is 4.60. The van der Waals surface area contributed by atoms with E-state index in [1.807, 2.05) is 6.92 Å². The van der Waals surface area contributed by atoms with Crippen LogP contribution in [0.3, 0.4) is 0 Å². The minimum Gasteiger partial charge on any atom is -0.453 e. The summed E-state index contributed by atoms with van der Waals surface area (Å²) < 4.78 is 54.4. The van der Waals surface area contributed by atoms with E-state index in [1.165, 1.54) is 24.3 Å². The standard InChI is InChI=1S/C19H18BFO6S/c1-12-7-9-14(10-8-12)28(23,24)25-11-15-17(16(21)18(20)26-15)27-19(22)13-5-3-2-4-6-13/h2-10,15-18H,11H2,1H3. The molecule has 0 aliphatic carbocycles. The molecule has 2 aromatic carbocycles. The lowest BCUT2D eigenvalue weighted by Gasteiger charge is -2.20. The molecule has 0 amide bonds. The monoisotopic (exact) mass is 404 g/mol. The Morgan fingerprint density at radius 3 is 2.43 bits per heavy atom. The van der Waals surface area contributed by atoms with Gasteiger partial charge in [0.15, 0.2) is 12.3 Å². The molecule has 1 aliphatic heterocycles. The lowest BCUT2D eigenvalue weighted by atomic mass is 9.94. The Labute approximate surface area is 164 Å². The van der Waals surface area contributed by atoms with E-state index in [1.54, 1.807) is 30.3 Å². The van der Waals surface area contributed by atoms with Crippen molar-refractivity contribution in [2.24, 2.45) is 0 Å². The largest absolute Gasteiger partial charge is 0.453 e. The maximum atomic E-state index is 14.4. The molecule has 0 aromatic heterocycles. The van der Waals surface area contributed by atoms with Crippen molar-refractivity contribution in [1.82, 2.24) is 0 Å². The Bertz CT molecular complexity index is 919. The first kappa shape index (κ1) is 20.5. The second-order valence-electron chi connectivity index (χ2n) is 6.37. The molecule has 1 fully saturated rings. The van der Waals surface area contributed by atoms with Crippen molar-refractivity contribution in [1.29, 1.82) is 0 Å². The molecule has 1 heterocycles. The highest BCUT2D eigenvalue weighted by Gasteiger charge is 2.46. The van der Waals surface area contributed by atoms with Crippen molar-refractivity contribution in [2.75, 3.05) is 6.61 Å². The van der Waals surface area contributed by atoms with Gasteiger partial charge in [0.05, 0.1) is 23.1 Å². The Kier molecular flexibility index (Phi) is 6.17. The van der Waals surface area contributed by atoms with Crippen molar-refractivity contribution in [3.63, 3.8) is 0 Å². The normalized spacial score (nSPS) is 24.8. The highest BCUT2D eigenvalue weighted by atomic mass is 32.2. The van der Waals surface area contributed by atoms with Gasteiger partial charge in [-0.15, -0.1) is 0 Å². The molecule has 2 radical (unpaired) electrons. The Hall–Kier alpha value is -2.23. The molecule has 2 aromatic rings. The summed E-state index contributed by atoms with van der Waals surface area (Å²) in [5, 5.41) is 0. The van der Waals surface area contributed by atoms with Crippen LogP contribution in [-0.4, -0.2) is 53.2 Å². The quantitative estimate of drug-likeness (QED) is 0.417. The summed E-state index contributed by atoms with van der Waals surface area (Å²) in [5.41, 5.74) is 1.11. The van der Waals surface area contributed by atoms with E-state index in [9.17, 15) is 17.6 Å². The second kappa shape index (κ2) is 8.42. The minimum atomic E-state index is -4.09. The van der Waals surface area contributed by atoms with Gasteiger partial charge in [0.2, 0.25) is 0 Å². The highest BCUT2D eigenvalue weighted by molar-refractivity contribution is 7.86. The Balaban J connectivity index is 1.69. The van der Waals surface area contributed by atoms with Gasteiger partial charge in [-0.3, -0.25) is 4.18 Å². The maximum Gasteiger partial charge on any atom is 0.338 e. The minimum absolute atomic E-state index is 0.0463. The van der Waals surface area contributed by atoms with Crippen LogP contribution < -0.4 is 0 Å². The number of carbonyl (C=O) groups excluding carboxylic acids is 1. The summed E-state index contributed by atoms with van der Waals surface area (Å²) in [7, 11) is 1.46. The molecule has 0 N–H and O–H groups in total. The summed E-state index contributed by atoms with van der Waals surface area (Å²) in [6.07, 6.45) is -4.38. The van der Waals surface area contributed by atoms with Crippen LogP contribution in [0.25, 0.3) is 0 Å². The molecule has 1 aliphatic rings. The summed E-state index contributed by atoms with van der Waals surface area (Å²) in [6.45, 7) is 1.27. The van der Waals surface area contributed by atoms with Crippen LogP contribution in [0.5, 0.6) is 0 Å². The van der Waals surface area contributed by atoms with Crippen LogP contribution in [0.2, 0.25) is 0 Å². The van der Waals surface area contributed by atoms with Gasteiger partial charge in [0, 0.05) is 0 Å². The zero-order chi connectivity index (χ0) is 20.3. The van der Waals surface area contributed by atoms with Crippen LogP contribution in [0, 0.1) is 6.92 Å². The molecule has 9 heteroatoms. The van der Waals surface area contributed by atoms with E-state index in [0.29, 0.717) is 0 Å². The molecule has 4 atom stereocenters. The third-order valence-corrected chi connectivity index (χ3v) is 5.57. The van der Waals surface area contributed by atoms with Crippen molar-refractivity contribution in [3.8, 4) is 0 Å². The van der Waals surface area contributed by atoms with E-state index in [-0.39, 0.29) is 10.5 Å². The first-order chi connectivity index (χ1) is 13.3. The summed E-state index contributed by atoms with van der Waals surface area (Å²) in [6, 6.07) is 12.7. The maximum absolute atomic E-state index is 14.4. The Morgan fingerprint density at radius 1 is 1.14 bits per heavy atom. The fraction of sp³-hybridized carbons (Fsp3) is 0.316. The van der Waals surface area contributed by atoms with Gasteiger partial charge < -0.3 is 9.47 Å². The first-order valence-electron chi connectivity index (χ1n) is 8.55. The predicted octanol–water partition coefficient (Wildman–Crippen LogP) is 2.16. The number of alkyl halides is 1. The number of benzene rings is 2. The van der Waals surface area contributed by atoms with Crippen LogP contribution in [0.4, 0.5) is 4.39 Å². The number of carbonyl (C=O) groups is 1. The van der Waals surface area contributed by atoms with Gasteiger partial charge in [-0.2, -0.15) is 8.42 Å². The SMILES string of the molecule is [B]C1OC(COS(=O)(=O)c2ccc(C)cc2)C(OC(=O)c2ccccc2)C1F. The number of hydrogen-bond acceptors (Lipinski definition) is 6. The molecule has 28 heavy (non-hydrogen) atoms. The van der Waals surface area contributed by atoms with Crippen LogP contribution >= 0.6 is 0 Å². The topological polar surface area (TPSA) is 78.9 Å². The van der Waals surface area contributed by atoms with Gasteiger partial charge in [-0.05, 0) is 31.2 Å². The average Bonchev–Trinajstić information content (AvgIpc) is 2.95. The number of halogens is 1. The number of aryl methyl sites for hydroxylation is 1. The summed E-state index contributed by atoms with van der Waals surface area (Å²) in [4.78, 5) is 12.2. The average molecular weight is 404 g/mol. The zero-order valence-corrected chi connectivity index (χ0v) is 15.8. The molecule has 3 rings (SSSR count). The van der Waals surface area contributed by atoms with E-state index in [4.69, 9.17) is 21.5 Å². The predicted molar refractivity (Wildman–Crippen MR) is 99.3 cm³/mol. The highest BCUT2D eigenvalue weighted by Crippen LogP contribution is 2.27. The molecule has 0 saturated carbocycles. The van der Waals surface area contributed by atoms with E-state index >= 15 is 0 Å². The van der Waals surface area contributed by atoms with Gasteiger partial charge in [-0.1, -0.05) is 35.9 Å². The molecule has 1 saturated heterocycles. The molecular weight excluding hydrogens is 386 g/mol. The van der Waals surface area contributed by atoms with Crippen LogP contribution in [0.15, 0.2) is 59.5 Å². The van der Waals surface area contributed by atoms with Gasteiger partial charge in [0.1, 0.15) is 14.0 Å². The number of hydrogen-bond donors (Lipinski definition) is 0. The lowest BCUT2D eigenvalue weighted by Crippen LogP contribution is -2.37. The van der Waals surface area contributed by atoms with Crippen LogP contribution in [0.1, 0.15) is 15.9 Å². The molecule has 6 nitrogen and oxygen atoms in total. The van der Waals surface area contributed by atoms with E-state index in [2.05, 4.69) is 0 Å². The number of rotatable bonds is 6. The summed E-state index contributed by atoms with van der Waals surface area (Å²) in [5.74, 6) is -0.766. The zero-order valence-electron chi connectivity index (χ0n) is 15.0. The molecule has 0 spiro atoms. The fourth-order valence-electron chi connectivity index (χ4n) is 2.72. The second-order valence-corrected chi connectivity index (χ2v) is 7.99.